The number of nitrogens with zero attached hydrogens (tertiary/aromatic N) is 3. The highest BCUT2D eigenvalue weighted by atomic mass is 35.5. The van der Waals surface area contributed by atoms with Crippen LogP contribution in [0.15, 0.2) is 53.7 Å². The summed E-state index contributed by atoms with van der Waals surface area (Å²) in [6.07, 6.45) is 3.03. The van der Waals surface area contributed by atoms with Gasteiger partial charge < -0.3 is 20.7 Å². The first kappa shape index (κ1) is 22.4. The van der Waals surface area contributed by atoms with Gasteiger partial charge in [0.1, 0.15) is 16.0 Å². The lowest BCUT2D eigenvalue weighted by Crippen LogP contribution is -2.33. The van der Waals surface area contributed by atoms with Crippen LogP contribution in [0.3, 0.4) is 0 Å². The fourth-order valence-electron chi connectivity index (χ4n) is 3.11. The highest BCUT2D eigenvalue weighted by Gasteiger charge is 2.18. The van der Waals surface area contributed by atoms with E-state index in [0.29, 0.717) is 18.0 Å². The Morgan fingerprint density at radius 2 is 1.97 bits per heavy atom. The molecule has 1 unspecified atom stereocenters. The lowest BCUT2D eigenvalue weighted by Gasteiger charge is -2.23. The van der Waals surface area contributed by atoms with Gasteiger partial charge in [0, 0.05) is 13.1 Å². The van der Waals surface area contributed by atoms with Crippen LogP contribution in [0, 0.1) is 0 Å². The van der Waals surface area contributed by atoms with Gasteiger partial charge in [0.05, 0.1) is 36.1 Å². The second-order valence-corrected chi connectivity index (χ2v) is 9.14. The van der Waals surface area contributed by atoms with E-state index in [1.807, 2.05) is 12.1 Å². The minimum Gasteiger partial charge on any atom is -0.369 e. The summed E-state index contributed by atoms with van der Waals surface area (Å²) in [6.45, 7) is 2.21. The molecule has 0 saturated carbocycles. The van der Waals surface area contributed by atoms with Crippen LogP contribution < -0.4 is 20.7 Å². The Hall–Kier alpha value is -2.83. The Bertz CT molecular complexity index is 1190. The van der Waals surface area contributed by atoms with Gasteiger partial charge in [-0.25, -0.2) is 18.1 Å². The van der Waals surface area contributed by atoms with Gasteiger partial charge in [0.15, 0.2) is 5.82 Å². The number of rotatable bonds is 7. The summed E-state index contributed by atoms with van der Waals surface area (Å²) in [5.41, 5.74) is 1.86. The van der Waals surface area contributed by atoms with Crippen molar-refractivity contribution in [3.63, 3.8) is 0 Å². The Morgan fingerprint density at radius 3 is 2.69 bits per heavy atom. The van der Waals surface area contributed by atoms with Gasteiger partial charge in [-0.3, -0.25) is 4.98 Å². The van der Waals surface area contributed by atoms with E-state index in [9.17, 15) is 8.42 Å². The third kappa shape index (κ3) is 5.14. The van der Waals surface area contributed by atoms with Crippen LogP contribution in [0.2, 0.25) is 5.02 Å². The van der Waals surface area contributed by atoms with E-state index in [2.05, 4.69) is 35.6 Å². The summed E-state index contributed by atoms with van der Waals surface area (Å²) in [6, 6.07) is 10.2. The number of halogens is 1. The van der Waals surface area contributed by atoms with Crippen molar-refractivity contribution >= 4 is 44.8 Å². The smallest absolute Gasteiger partial charge is 0.242 e. The van der Waals surface area contributed by atoms with Crippen molar-refractivity contribution in [2.75, 3.05) is 37.4 Å². The van der Waals surface area contributed by atoms with E-state index in [-0.39, 0.29) is 27.8 Å². The Morgan fingerprint density at radius 1 is 1.12 bits per heavy atom. The van der Waals surface area contributed by atoms with E-state index in [4.69, 9.17) is 16.3 Å². The molecule has 32 heavy (non-hydrogen) atoms. The molecule has 10 nitrogen and oxygen atoms in total. The van der Waals surface area contributed by atoms with Crippen LogP contribution >= 0.6 is 11.6 Å². The van der Waals surface area contributed by atoms with E-state index in [0.717, 1.165) is 18.8 Å². The van der Waals surface area contributed by atoms with Gasteiger partial charge in [-0.15, -0.1) is 0 Å². The molecular formula is C20H22ClN7O3S. The Balaban J connectivity index is 1.53. The SMILES string of the molecule is CNS(=O)(=O)c1ccccc1Nc1nc(Nc2ccc(C3CNCCO3)nc2)ncc1Cl. The molecule has 4 N–H and O–H groups in total. The van der Waals surface area contributed by atoms with Gasteiger partial charge >= 0.3 is 0 Å². The lowest BCUT2D eigenvalue weighted by molar-refractivity contribution is 0.0250. The zero-order valence-corrected chi connectivity index (χ0v) is 18.7. The molecule has 1 aliphatic heterocycles. The highest BCUT2D eigenvalue weighted by molar-refractivity contribution is 7.89. The lowest BCUT2D eigenvalue weighted by atomic mass is 10.2. The van der Waals surface area contributed by atoms with Crippen molar-refractivity contribution in [3.8, 4) is 0 Å². The maximum atomic E-state index is 12.3. The number of hydrogen-bond acceptors (Lipinski definition) is 9. The van der Waals surface area contributed by atoms with Crippen LogP contribution in [-0.2, 0) is 14.8 Å². The van der Waals surface area contributed by atoms with E-state index in [1.165, 1.54) is 19.3 Å². The summed E-state index contributed by atoms with van der Waals surface area (Å²) < 4.78 is 32.6. The van der Waals surface area contributed by atoms with E-state index < -0.39 is 10.0 Å². The van der Waals surface area contributed by atoms with Crippen molar-refractivity contribution in [1.29, 1.82) is 0 Å². The van der Waals surface area contributed by atoms with Crippen molar-refractivity contribution in [2.45, 2.75) is 11.0 Å². The molecule has 1 saturated heterocycles. The predicted molar refractivity (Wildman–Crippen MR) is 122 cm³/mol. The second kappa shape index (κ2) is 9.76. The molecule has 0 spiro atoms. The van der Waals surface area contributed by atoms with E-state index >= 15 is 0 Å². The normalized spacial score (nSPS) is 16.5. The maximum absolute atomic E-state index is 12.3. The van der Waals surface area contributed by atoms with Crippen LogP contribution in [-0.4, -0.2) is 50.1 Å². The molecule has 1 fully saturated rings. The number of sulfonamides is 1. The third-order valence-corrected chi connectivity index (χ3v) is 6.49. The average Bonchev–Trinajstić information content (AvgIpc) is 2.82. The third-order valence-electron chi connectivity index (χ3n) is 4.74. The Labute approximate surface area is 190 Å². The van der Waals surface area contributed by atoms with Gasteiger partial charge in [0.25, 0.3) is 0 Å². The fraction of sp³-hybridized carbons (Fsp3) is 0.250. The largest absolute Gasteiger partial charge is 0.369 e. The molecule has 3 aromatic rings. The number of benzene rings is 1. The molecule has 168 valence electrons. The zero-order chi connectivity index (χ0) is 22.6. The summed E-state index contributed by atoms with van der Waals surface area (Å²) in [5, 5.41) is 9.56. The minimum atomic E-state index is -3.67. The van der Waals surface area contributed by atoms with Crippen LogP contribution in [0.5, 0.6) is 0 Å². The molecule has 2 aromatic heterocycles. The van der Waals surface area contributed by atoms with E-state index in [1.54, 1.807) is 24.4 Å². The molecule has 1 aromatic carbocycles. The fourth-order valence-corrected chi connectivity index (χ4v) is 4.14. The first-order chi connectivity index (χ1) is 15.5. The maximum Gasteiger partial charge on any atom is 0.242 e. The van der Waals surface area contributed by atoms with Gasteiger partial charge in [-0.2, -0.15) is 4.98 Å². The number of anilines is 4. The quantitative estimate of drug-likeness (QED) is 0.407. The van der Waals surface area contributed by atoms with Crippen molar-refractivity contribution in [3.05, 3.63) is 59.5 Å². The van der Waals surface area contributed by atoms with Crippen molar-refractivity contribution in [1.82, 2.24) is 25.0 Å². The number of para-hydroxylation sites is 1. The van der Waals surface area contributed by atoms with Crippen LogP contribution in [0.4, 0.5) is 23.1 Å². The standard InChI is InChI=1S/C20H22ClN7O3S/c1-22-32(29,30)18-5-3-2-4-16(18)27-19-14(21)11-25-20(28-19)26-13-6-7-15(24-10-13)17-12-23-8-9-31-17/h2-7,10-11,17,22-23H,8-9,12H2,1H3,(H2,25,26,27,28). The van der Waals surface area contributed by atoms with Crippen molar-refractivity contribution in [2.24, 2.45) is 0 Å². The first-order valence-corrected chi connectivity index (χ1v) is 11.7. The number of hydrogen-bond donors (Lipinski definition) is 4. The summed E-state index contributed by atoms with van der Waals surface area (Å²) in [4.78, 5) is 13.1. The summed E-state index contributed by atoms with van der Waals surface area (Å²) in [5.74, 6) is 0.533. The minimum absolute atomic E-state index is 0.0747. The van der Waals surface area contributed by atoms with Crippen LogP contribution in [0.25, 0.3) is 0 Å². The molecule has 0 aliphatic carbocycles. The number of ether oxygens (including phenoxy) is 1. The monoisotopic (exact) mass is 475 g/mol. The molecule has 1 atom stereocenters. The molecule has 3 heterocycles. The Kier molecular flexibility index (Phi) is 6.82. The number of nitrogens with one attached hydrogen (secondary N) is 4. The number of morpholine rings is 1. The summed E-state index contributed by atoms with van der Waals surface area (Å²) in [7, 11) is -2.32. The highest BCUT2D eigenvalue weighted by Crippen LogP contribution is 2.28. The first-order valence-electron chi connectivity index (χ1n) is 9.84. The molecule has 12 heteroatoms. The predicted octanol–water partition coefficient (Wildman–Crippen LogP) is 2.58. The summed E-state index contributed by atoms with van der Waals surface area (Å²) >= 11 is 6.24. The van der Waals surface area contributed by atoms with Gasteiger partial charge in [0.2, 0.25) is 16.0 Å². The average molecular weight is 476 g/mol. The zero-order valence-electron chi connectivity index (χ0n) is 17.2. The molecule has 4 rings (SSSR count). The second-order valence-electron chi connectivity index (χ2n) is 6.88. The van der Waals surface area contributed by atoms with Gasteiger partial charge in [-0.1, -0.05) is 23.7 Å². The molecular weight excluding hydrogens is 454 g/mol. The van der Waals surface area contributed by atoms with Crippen LogP contribution in [0.1, 0.15) is 11.8 Å². The topological polar surface area (TPSA) is 130 Å². The van der Waals surface area contributed by atoms with Crippen molar-refractivity contribution < 1.29 is 13.2 Å². The molecule has 0 bridgehead atoms. The molecule has 0 amide bonds. The number of aromatic nitrogens is 3. The number of pyridine rings is 1. The molecule has 1 aliphatic rings. The van der Waals surface area contributed by atoms with Gasteiger partial charge in [-0.05, 0) is 31.3 Å². The molecule has 0 radical (unpaired) electrons.